The first-order valence-corrected chi connectivity index (χ1v) is 5.33. The van der Waals surface area contributed by atoms with Crippen LogP contribution in [-0.4, -0.2) is 13.1 Å². The third-order valence-electron chi connectivity index (χ3n) is 2.78. The molecule has 15 heavy (non-hydrogen) atoms. The van der Waals surface area contributed by atoms with E-state index >= 15 is 0 Å². The van der Waals surface area contributed by atoms with Gasteiger partial charge in [0.1, 0.15) is 0 Å². The molecule has 0 aliphatic carbocycles. The molecule has 1 aromatic carbocycles. The SMILES string of the molecule is FC(F)(c1cccc(Cl)c1)C1CCNC1. The molecular formula is C11H12ClF2N. The molecule has 1 saturated heterocycles. The average Bonchev–Trinajstić information content (AvgIpc) is 2.71. The molecule has 1 aliphatic rings. The van der Waals surface area contributed by atoms with Gasteiger partial charge < -0.3 is 5.32 Å². The highest BCUT2D eigenvalue weighted by Crippen LogP contribution is 2.39. The van der Waals surface area contributed by atoms with E-state index in [9.17, 15) is 8.78 Å². The Morgan fingerprint density at radius 3 is 2.80 bits per heavy atom. The van der Waals surface area contributed by atoms with Gasteiger partial charge >= 0.3 is 0 Å². The molecule has 0 aromatic heterocycles. The van der Waals surface area contributed by atoms with Gasteiger partial charge in [-0.3, -0.25) is 0 Å². The standard InChI is InChI=1S/C11H12ClF2N/c12-10-3-1-2-8(6-10)11(13,14)9-4-5-15-7-9/h1-3,6,9,15H,4-5,7H2. The third-order valence-corrected chi connectivity index (χ3v) is 3.02. The smallest absolute Gasteiger partial charge is 0.277 e. The van der Waals surface area contributed by atoms with Crippen LogP contribution in [0.5, 0.6) is 0 Å². The quantitative estimate of drug-likeness (QED) is 0.825. The second-order valence-electron chi connectivity index (χ2n) is 3.82. The maximum absolute atomic E-state index is 13.9. The van der Waals surface area contributed by atoms with Crippen LogP contribution in [0.2, 0.25) is 5.02 Å². The van der Waals surface area contributed by atoms with Crippen molar-refractivity contribution < 1.29 is 8.78 Å². The summed E-state index contributed by atoms with van der Waals surface area (Å²) in [6, 6.07) is 5.95. The fourth-order valence-electron chi connectivity index (χ4n) is 1.90. The lowest BCUT2D eigenvalue weighted by Gasteiger charge is -2.22. The maximum Gasteiger partial charge on any atom is 0.277 e. The summed E-state index contributed by atoms with van der Waals surface area (Å²) in [7, 11) is 0. The van der Waals surface area contributed by atoms with Crippen molar-refractivity contribution in [3.8, 4) is 0 Å². The number of alkyl halides is 2. The molecule has 1 aliphatic heterocycles. The Hall–Kier alpha value is -0.670. The van der Waals surface area contributed by atoms with E-state index < -0.39 is 11.8 Å². The van der Waals surface area contributed by atoms with Crippen molar-refractivity contribution >= 4 is 11.6 Å². The van der Waals surface area contributed by atoms with Crippen molar-refractivity contribution in [1.29, 1.82) is 0 Å². The van der Waals surface area contributed by atoms with E-state index in [1.54, 1.807) is 12.1 Å². The van der Waals surface area contributed by atoms with Gasteiger partial charge in [0.25, 0.3) is 5.92 Å². The summed E-state index contributed by atoms with van der Waals surface area (Å²) in [6.07, 6.45) is 0.513. The van der Waals surface area contributed by atoms with Crippen molar-refractivity contribution in [3.05, 3.63) is 34.9 Å². The lowest BCUT2D eigenvalue weighted by atomic mass is 9.94. The first-order chi connectivity index (χ1) is 7.10. The molecule has 2 rings (SSSR count). The van der Waals surface area contributed by atoms with E-state index in [2.05, 4.69) is 5.32 Å². The summed E-state index contributed by atoms with van der Waals surface area (Å²) in [6.45, 7) is 1.04. The minimum Gasteiger partial charge on any atom is -0.316 e. The number of hydrogen-bond acceptors (Lipinski definition) is 1. The molecule has 1 nitrogen and oxygen atoms in total. The Kier molecular flexibility index (Phi) is 2.94. The Labute approximate surface area is 92.4 Å². The van der Waals surface area contributed by atoms with Crippen LogP contribution in [-0.2, 0) is 5.92 Å². The molecule has 0 radical (unpaired) electrons. The zero-order valence-corrected chi connectivity index (χ0v) is 8.90. The monoisotopic (exact) mass is 231 g/mol. The van der Waals surface area contributed by atoms with Gasteiger partial charge in [-0.1, -0.05) is 23.7 Å². The van der Waals surface area contributed by atoms with Crippen molar-refractivity contribution in [1.82, 2.24) is 5.32 Å². The Bertz CT molecular complexity index is 348. The highest BCUT2D eigenvalue weighted by atomic mass is 35.5. The number of nitrogens with one attached hydrogen (secondary N) is 1. The molecule has 4 heteroatoms. The van der Waals surface area contributed by atoms with E-state index in [0.717, 1.165) is 0 Å². The highest BCUT2D eigenvalue weighted by molar-refractivity contribution is 6.30. The summed E-state index contributed by atoms with van der Waals surface area (Å²) in [4.78, 5) is 0. The molecule has 1 N–H and O–H groups in total. The van der Waals surface area contributed by atoms with Gasteiger partial charge in [-0.25, -0.2) is 8.78 Å². The van der Waals surface area contributed by atoms with Crippen molar-refractivity contribution in [3.63, 3.8) is 0 Å². The molecule has 82 valence electrons. The Morgan fingerprint density at radius 2 is 2.20 bits per heavy atom. The molecule has 0 spiro atoms. The van der Waals surface area contributed by atoms with Gasteiger partial charge in [0.15, 0.2) is 0 Å². The third kappa shape index (κ3) is 2.13. The van der Waals surface area contributed by atoms with Gasteiger partial charge in [0.05, 0.1) is 0 Å². The molecule has 1 aromatic rings. The van der Waals surface area contributed by atoms with Crippen LogP contribution in [0.25, 0.3) is 0 Å². The second-order valence-corrected chi connectivity index (χ2v) is 4.26. The van der Waals surface area contributed by atoms with Gasteiger partial charge in [-0.2, -0.15) is 0 Å². The highest BCUT2D eigenvalue weighted by Gasteiger charge is 2.42. The average molecular weight is 232 g/mol. The van der Waals surface area contributed by atoms with Crippen LogP contribution in [0.4, 0.5) is 8.78 Å². The fraction of sp³-hybridized carbons (Fsp3) is 0.455. The normalized spacial score (nSPS) is 21.9. The summed E-state index contributed by atoms with van der Waals surface area (Å²) in [5.41, 5.74) is 0.0173. The Morgan fingerprint density at radius 1 is 1.40 bits per heavy atom. The van der Waals surface area contributed by atoms with E-state index in [1.165, 1.54) is 12.1 Å². The summed E-state index contributed by atoms with van der Waals surface area (Å²) < 4.78 is 27.9. The molecule has 0 bridgehead atoms. The molecule has 0 amide bonds. The minimum absolute atomic E-state index is 0.0173. The number of halogens is 3. The lowest BCUT2D eigenvalue weighted by molar-refractivity contribution is -0.0575. The minimum atomic E-state index is -2.78. The Balaban J connectivity index is 2.27. The molecule has 1 atom stereocenters. The zero-order valence-electron chi connectivity index (χ0n) is 8.14. The molecular weight excluding hydrogens is 220 g/mol. The first-order valence-electron chi connectivity index (χ1n) is 4.95. The lowest BCUT2D eigenvalue weighted by Crippen LogP contribution is -2.27. The topological polar surface area (TPSA) is 12.0 Å². The van der Waals surface area contributed by atoms with Gasteiger partial charge in [0.2, 0.25) is 0 Å². The summed E-state index contributed by atoms with van der Waals surface area (Å²) >= 11 is 5.71. The largest absolute Gasteiger partial charge is 0.316 e. The van der Waals surface area contributed by atoms with Gasteiger partial charge in [0, 0.05) is 23.0 Å². The fourth-order valence-corrected chi connectivity index (χ4v) is 2.09. The zero-order chi connectivity index (χ0) is 10.9. The predicted octanol–water partition coefficient (Wildman–Crippen LogP) is 3.04. The number of benzene rings is 1. The van der Waals surface area contributed by atoms with Gasteiger partial charge in [-0.05, 0) is 25.1 Å². The number of hydrogen-bond donors (Lipinski definition) is 1. The summed E-state index contributed by atoms with van der Waals surface area (Å²) in [5, 5.41) is 3.31. The van der Waals surface area contributed by atoms with Crippen LogP contribution in [0.3, 0.4) is 0 Å². The molecule has 1 fully saturated rings. The number of rotatable bonds is 2. The molecule has 0 saturated carbocycles. The molecule has 1 heterocycles. The van der Waals surface area contributed by atoms with Crippen molar-refractivity contribution in [2.75, 3.05) is 13.1 Å². The van der Waals surface area contributed by atoms with Crippen molar-refractivity contribution in [2.45, 2.75) is 12.3 Å². The van der Waals surface area contributed by atoms with E-state index in [-0.39, 0.29) is 5.56 Å². The molecule has 1 unspecified atom stereocenters. The van der Waals surface area contributed by atoms with Gasteiger partial charge in [-0.15, -0.1) is 0 Å². The van der Waals surface area contributed by atoms with Crippen molar-refractivity contribution in [2.24, 2.45) is 5.92 Å². The van der Waals surface area contributed by atoms with E-state index in [1.807, 2.05) is 0 Å². The van der Waals surface area contributed by atoms with Crippen LogP contribution in [0.15, 0.2) is 24.3 Å². The first kappa shape index (κ1) is 10.8. The maximum atomic E-state index is 13.9. The van der Waals surface area contributed by atoms with Crippen LogP contribution >= 0.6 is 11.6 Å². The van der Waals surface area contributed by atoms with Crippen LogP contribution < -0.4 is 5.32 Å². The summed E-state index contributed by atoms with van der Waals surface area (Å²) in [5.74, 6) is -3.40. The van der Waals surface area contributed by atoms with E-state index in [0.29, 0.717) is 24.5 Å². The predicted molar refractivity (Wildman–Crippen MR) is 56.3 cm³/mol. The second kappa shape index (κ2) is 4.06. The van der Waals surface area contributed by atoms with Crippen LogP contribution in [0.1, 0.15) is 12.0 Å². The van der Waals surface area contributed by atoms with E-state index in [4.69, 9.17) is 11.6 Å². The van der Waals surface area contributed by atoms with Crippen LogP contribution in [0, 0.1) is 5.92 Å².